The summed E-state index contributed by atoms with van der Waals surface area (Å²) in [6.07, 6.45) is 2.68. The van der Waals surface area contributed by atoms with Gasteiger partial charge in [-0.3, -0.25) is 4.79 Å². The van der Waals surface area contributed by atoms with E-state index in [9.17, 15) is 4.79 Å². The van der Waals surface area contributed by atoms with Gasteiger partial charge in [-0.1, -0.05) is 17.7 Å². The Morgan fingerprint density at radius 2 is 2.11 bits per heavy atom. The molecule has 3 N–H and O–H groups in total. The fourth-order valence-corrected chi connectivity index (χ4v) is 2.38. The minimum absolute atomic E-state index is 0.0920. The quantitative estimate of drug-likeness (QED) is 0.792. The van der Waals surface area contributed by atoms with Crippen LogP contribution in [0.5, 0.6) is 5.75 Å². The predicted octanol–water partition coefficient (Wildman–Crippen LogP) is 1.62. The van der Waals surface area contributed by atoms with Gasteiger partial charge in [-0.15, -0.1) is 0 Å². The Hall–Kier alpha value is -1.55. The lowest BCUT2D eigenvalue weighted by Gasteiger charge is -2.11. The van der Waals surface area contributed by atoms with Gasteiger partial charge in [0.1, 0.15) is 12.4 Å². The number of nitrogens with two attached hydrogens (primary N) is 1. The van der Waals surface area contributed by atoms with E-state index >= 15 is 0 Å². The second-order valence-electron chi connectivity index (χ2n) is 5.22. The summed E-state index contributed by atoms with van der Waals surface area (Å²) in [7, 11) is 0. The van der Waals surface area contributed by atoms with E-state index in [0.717, 1.165) is 25.0 Å². The predicted molar refractivity (Wildman–Crippen MR) is 75.0 cm³/mol. The summed E-state index contributed by atoms with van der Waals surface area (Å²) >= 11 is 0. The van der Waals surface area contributed by atoms with Gasteiger partial charge in [0.25, 0.3) is 0 Å². The number of ether oxygens (including phenoxy) is 1. The molecule has 4 heteroatoms. The van der Waals surface area contributed by atoms with Crippen LogP contribution >= 0.6 is 0 Å². The molecule has 1 fully saturated rings. The molecule has 0 aromatic heterocycles. The summed E-state index contributed by atoms with van der Waals surface area (Å²) in [5.41, 5.74) is 7.01. The van der Waals surface area contributed by atoms with Crippen LogP contribution in [0.2, 0.25) is 0 Å². The van der Waals surface area contributed by atoms with E-state index in [2.05, 4.69) is 5.32 Å². The van der Waals surface area contributed by atoms with Crippen molar-refractivity contribution in [2.24, 2.45) is 11.7 Å². The molecular weight excluding hydrogens is 240 g/mol. The van der Waals surface area contributed by atoms with Gasteiger partial charge in [-0.25, -0.2) is 0 Å². The number of carbonyl (C=O) groups excluding carboxylic acids is 1. The highest BCUT2D eigenvalue weighted by Crippen LogP contribution is 2.23. The van der Waals surface area contributed by atoms with E-state index in [4.69, 9.17) is 10.5 Å². The summed E-state index contributed by atoms with van der Waals surface area (Å²) in [5, 5.41) is 2.91. The number of rotatable bonds is 5. The summed E-state index contributed by atoms with van der Waals surface area (Å²) in [4.78, 5) is 11.8. The molecule has 1 amide bonds. The number of carbonyl (C=O) groups is 1. The van der Waals surface area contributed by atoms with E-state index in [-0.39, 0.29) is 17.9 Å². The Kier molecular flexibility index (Phi) is 4.80. The van der Waals surface area contributed by atoms with Crippen LogP contribution in [-0.4, -0.2) is 25.1 Å². The molecule has 0 heterocycles. The third kappa shape index (κ3) is 4.24. The van der Waals surface area contributed by atoms with Gasteiger partial charge < -0.3 is 15.8 Å². The number of hydrogen-bond acceptors (Lipinski definition) is 3. The fourth-order valence-electron chi connectivity index (χ4n) is 2.38. The van der Waals surface area contributed by atoms with Crippen molar-refractivity contribution in [3.05, 3.63) is 29.8 Å². The third-order valence-corrected chi connectivity index (χ3v) is 3.53. The van der Waals surface area contributed by atoms with Gasteiger partial charge in [0.2, 0.25) is 5.91 Å². The molecule has 1 aromatic rings. The molecule has 1 aliphatic rings. The summed E-state index contributed by atoms with van der Waals surface area (Å²) in [5.74, 6) is 1.04. The molecule has 0 radical (unpaired) electrons. The van der Waals surface area contributed by atoms with Crippen molar-refractivity contribution in [3.63, 3.8) is 0 Å². The van der Waals surface area contributed by atoms with Crippen LogP contribution in [-0.2, 0) is 4.79 Å². The van der Waals surface area contributed by atoms with Gasteiger partial charge >= 0.3 is 0 Å². The van der Waals surface area contributed by atoms with Crippen LogP contribution in [0.3, 0.4) is 0 Å². The SMILES string of the molecule is Cc1ccc(OCCNC(=O)C2CCC(N)C2)cc1. The van der Waals surface area contributed by atoms with E-state index in [1.165, 1.54) is 5.56 Å². The largest absolute Gasteiger partial charge is 0.492 e. The topological polar surface area (TPSA) is 64.3 Å². The standard InChI is InChI=1S/C15H22N2O2/c1-11-2-6-14(7-3-11)19-9-8-17-15(18)12-4-5-13(16)10-12/h2-3,6-7,12-13H,4-5,8-10,16H2,1H3,(H,17,18). The molecule has 1 saturated carbocycles. The minimum atomic E-state index is 0.0920. The molecule has 0 spiro atoms. The zero-order chi connectivity index (χ0) is 13.7. The Balaban J connectivity index is 1.64. The third-order valence-electron chi connectivity index (χ3n) is 3.53. The Morgan fingerprint density at radius 3 is 2.74 bits per heavy atom. The average Bonchev–Trinajstić information content (AvgIpc) is 2.83. The van der Waals surface area contributed by atoms with E-state index in [1.807, 2.05) is 31.2 Å². The maximum Gasteiger partial charge on any atom is 0.223 e. The van der Waals surface area contributed by atoms with Gasteiger partial charge in [0.15, 0.2) is 0 Å². The highest BCUT2D eigenvalue weighted by atomic mass is 16.5. The average molecular weight is 262 g/mol. The Morgan fingerprint density at radius 1 is 1.37 bits per heavy atom. The van der Waals surface area contributed by atoms with Crippen LogP contribution in [0.25, 0.3) is 0 Å². The molecule has 2 unspecified atom stereocenters. The molecule has 0 bridgehead atoms. The molecule has 104 valence electrons. The minimum Gasteiger partial charge on any atom is -0.492 e. The summed E-state index contributed by atoms with van der Waals surface area (Å²) < 4.78 is 5.56. The first-order valence-corrected chi connectivity index (χ1v) is 6.88. The van der Waals surface area contributed by atoms with E-state index in [0.29, 0.717) is 13.2 Å². The first kappa shape index (κ1) is 13.9. The van der Waals surface area contributed by atoms with Crippen LogP contribution in [0.15, 0.2) is 24.3 Å². The zero-order valence-electron chi connectivity index (χ0n) is 11.4. The van der Waals surface area contributed by atoms with Crippen LogP contribution in [0.1, 0.15) is 24.8 Å². The molecule has 1 aliphatic carbocycles. The lowest BCUT2D eigenvalue weighted by Crippen LogP contribution is -2.33. The van der Waals surface area contributed by atoms with E-state index < -0.39 is 0 Å². The normalized spacial score (nSPS) is 22.2. The highest BCUT2D eigenvalue weighted by molar-refractivity contribution is 5.78. The monoisotopic (exact) mass is 262 g/mol. The second-order valence-corrected chi connectivity index (χ2v) is 5.22. The molecule has 4 nitrogen and oxygen atoms in total. The van der Waals surface area contributed by atoms with Crippen LogP contribution in [0.4, 0.5) is 0 Å². The van der Waals surface area contributed by atoms with Crippen molar-refractivity contribution in [1.29, 1.82) is 0 Å². The van der Waals surface area contributed by atoms with Crippen molar-refractivity contribution in [2.75, 3.05) is 13.2 Å². The molecule has 0 aliphatic heterocycles. The smallest absolute Gasteiger partial charge is 0.223 e. The Bertz CT molecular complexity index is 417. The molecule has 0 saturated heterocycles. The van der Waals surface area contributed by atoms with E-state index in [1.54, 1.807) is 0 Å². The molecular formula is C15H22N2O2. The van der Waals surface area contributed by atoms with Gasteiger partial charge in [-0.2, -0.15) is 0 Å². The molecule has 2 rings (SSSR count). The van der Waals surface area contributed by atoms with Gasteiger partial charge in [-0.05, 0) is 38.3 Å². The first-order valence-electron chi connectivity index (χ1n) is 6.88. The first-order chi connectivity index (χ1) is 9.15. The second kappa shape index (κ2) is 6.57. The number of nitrogens with one attached hydrogen (secondary N) is 1. The van der Waals surface area contributed by atoms with Crippen molar-refractivity contribution in [1.82, 2.24) is 5.32 Å². The molecule has 1 aromatic carbocycles. The van der Waals surface area contributed by atoms with Crippen molar-refractivity contribution in [2.45, 2.75) is 32.2 Å². The fraction of sp³-hybridized carbons (Fsp3) is 0.533. The number of benzene rings is 1. The highest BCUT2D eigenvalue weighted by Gasteiger charge is 2.27. The number of amides is 1. The van der Waals surface area contributed by atoms with Crippen molar-refractivity contribution in [3.8, 4) is 5.75 Å². The summed E-state index contributed by atoms with van der Waals surface area (Å²) in [6, 6.07) is 8.08. The van der Waals surface area contributed by atoms with Crippen molar-refractivity contribution >= 4 is 5.91 Å². The van der Waals surface area contributed by atoms with Crippen molar-refractivity contribution < 1.29 is 9.53 Å². The molecule has 19 heavy (non-hydrogen) atoms. The lowest BCUT2D eigenvalue weighted by molar-refractivity contribution is -0.124. The molecule has 2 atom stereocenters. The Labute approximate surface area is 114 Å². The van der Waals surface area contributed by atoms with Gasteiger partial charge in [0, 0.05) is 12.0 Å². The van der Waals surface area contributed by atoms with Crippen LogP contribution < -0.4 is 15.8 Å². The maximum atomic E-state index is 11.8. The lowest BCUT2D eigenvalue weighted by atomic mass is 10.1. The summed E-state index contributed by atoms with van der Waals surface area (Å²) in [6.45, 7) is 3.07. The zero-order valence-corrected chi connectivity index (χ0v) is 11.4. The number of aryl methyl sites for hydroxylation is 1. The van der Waals surface area contributed by atoms with Gasteiger partial charge in [0.05, 0.1) is 6.54 Å². The van der Waals surface area contributed by atoms with Crippen LogP contribution in [0, 0.1) is 12.8 Å². The maximum absolute atomic E-state index is 11.8. The number of hydrogen-bond donors (Lipinski definition) is 2.